The fourth-order valence-corrected chi connectivity index (χ4v) is 3.92. The Morgan fingerprint density at radius 3 is 2.44 bits per heavy atom. The lowest BCUT2D eigenvalue weighted by atomic mass is 9.97. The van der Waals surface area contributed by atoms with Crippen molar-refractivity contribution >= 4 is 16.7 Å². The van der Waals surface area contributed by atoms with Crippen LogP contribution in [0.15, 0.2) is 66.7 Å². The Morgan fingerprint density at radius 1 is 0.963 bits per heavy atom. The quantitative estimate of drug-likeness (QED) is 0.722. The van der Waals surface area contributed by atoms with Crippen LogP contribution < -0.4 is 5.32 Å². The Morgan fingerprint density at radius 2 is 1.67 bits per heavy atom. The lowest BCUT2D eigenvalue weighted by Gasteiger charge is -2.29. The predicted molar refractivity (Wildman–Crippen MR) is 106 cm³/mol. The highest BCUT2D eigenvalue weighted by atomic mass is 19.1. The molecule has 1 fully saturated rings. The summed E-state index contributed by atoms with van der Waals surface area (Å²) in [5, 5.41) is 5.50. The molecule has 1 atom stereocenters. The van der Waals surface area contributed by atoms with E-state index in [9.17, 15) is 9.18 Å². The van der Waals surface area contributed by atoms with E-state index in [-0.39, 0.29) is 17.8 Å². The van der Waals surface area contributed by atoms with Gasteiger partial charge in [0.15, 0.2) is 0 Å². The number of likely N-dealkylation sites (tertiary alicyclic amines) is 1. The van der Waals surface area contributed by atoms with Crippen LogP contribution in [0.2, 0.25) is 0 Å². The molecule has 1 aliphatic rings. The smallest absolute Gasteiger partial charge is 0.251 e. The highest BCUT2D eigenvalue weighted by Crippen LogP contribution is 2.30. The Labute approximate surface area is 158 Å². The Kier molecular flexibility index (Phi) is 5.16. The third-order valence-electron chi connectivity index (χ3n) is 5.33. The molecule has 0 radical (unpaired) electrons. The number of benzene rings is 3. The number of halogens is 1. The molecule has 0 spiro atoms. The molecule has 27 heavy (non-hydrogen) atoms. The zero-order valence-electron chi connectivity index (χ0n) is 15.2. The van der Waals surface area contributed by atoms with Crippen molar-refractivity contribution in [2.75, 3.05) is 19.6 Å². The highest BCUT2D eigenvalue weighted by Gasteiger charge is 2.25. The van der Waals surface area contributed by atoms with Crippen LogP contribution in [-0.2, 0) is 0 Å². The van der Waals surface area contributed by atoms with Crippen LogP contribution >= 0.6 is 0 Å². The number of rotatable bonds is 5. The molecule has 138 valence electrons. The van der Waals surface area contributed by atoms with Crippen molar-refractivity contribution in [3.05, 3.63) is 83.7 Å². The van der Waals surface area contributed by atoms with Crippen LogP contribution in [0.3, 0.4) is 0 Å². The lowest BCUT2D eigenvalue weighted by molar-refractivity contribution is 0.0938. The number of fused-ring (bicyclic) bond motifs is 1. The lowest BCUT2D eigenvalue weighted by Crippen LogP contribution is -2.36. The summed E-state index contributed by atoms with van der Waals surface area (Å²) in [6.45, 7) is 2.62. The molecule has 1 saturated heterocycles. The van der Waals surface area contributed by atoms with E-state index in [4.69, 9.17) is 0 Å². The van der Waals surface area contributed by atoms with Gasteiger partial charge in [0.1, 0.15) is 5.82 Å². The third kappa shape index (κ3) is 3.86. The second-order valence-electron chi connectivity index (χ2n) is 7.04. The SMILES string of the molecule is O=C(NCC(c1cccc2ccccc12)N1CCCC1)c1ccc(F)cc1. The molecule has 3 aromatic rings. The minimum Gasteiger partial charge on any atom is -0.350 e. The number of hydrogen-bond donors (Lipinski definition) is 1. The van der Waals surface area contributed by atoms with Crippen LogP contribution in [0, 0.1) is 5.82 Å². The van der Waals surface area contributed by atoms with E-state index in [0.717, 1.165) is 13.1 Å². The highest BCUT2D eigenvalue weighted by molar-refractivity contribution is 5.94. The minimum absolute atomic E-state index is 0.128. The normalized spacial score (nSPS) is 15.7. The van der Waals surface area contributed by atoms with Gasteiger partial charge in [0.25, 0.3) is 5.91 Å². The van der Waals surface area contributed by atoms with Crippen molar-refractivity contribution < 1.29 is 9.18 Å². The molecule has 1 unspecified atom stereocenters. The molecular formula is C23H23FN2O. The largest absolute Gasteiger partial charge is 0.350 e. The standard InChI is InChI=1S/C23H23FN2O/c24-19-12-10-18(11-13-19)23(27)25-16-22(26-14-3-4-15-26)21-9-5-7-17-6-1-2-8-20(17)21/h1-2,5-13,22H,3-4,14-16H2,(H,25,27). The van der Waals surface area contributed by atoms with Crippen LogP contribution in [-0.4, -0.2) is 30.4 Å². The molecule has 1 heterocycles. The second kappa shape index (κ2) is 7.89. The summed E-state index contributed by atoms with van der Waals surface area (Å²) in [6, 6.07) is 20.6. The van der Waals surface area contributed by atoms with Gasteiger partial charge in [-0.15, -0.1) is 0 Å². The van der Waals surface area contributed by atoms with Gasteiger partial charge in [-0.05, 0) is 66.5 Å². The summed E-state index contributed by atoms with van der Waals surface area (Å²) in [6.07, 6.45) is 2.38. The fraction of sp³-hybridized carbons (Fsp3) is 0.261. The van der Waals surface area contributed by atoms with E-state index in [1.807, 2.05) is 6.07 Å². The molecule has 3 nitrogen and oxygen atoms in total. The minimum atomic E-state index is -0.336. The molecule has 0 aromatic heterocycles. The van der Waals surface area contributed by atoms with Gasteiger partial charge < -0.3 is 5.32 Å². The van der Waals surface area contributed by atoms with Gasteiger partial charge in [-0.3, -0.25) is 9.69 Å². The summed E-state index contributed by atoms with van der Waals surface area (Å²) >= 11 is 0. The van der Waals surface area contributed by atoms with Gasteiger partial charge in [0, 0.05) is 12.1 Å². The maximum absolute atomic E-state index is 13.1. The summed E-state index contributed by atoms with van der Waals surface area (Å²) in [5.74, 6) is -0.503. The number of hydrogen-bond acceptors (Lipinski definition) is 2. The number of nitrogens with one attached hydrogen (secondary N) is 1. The molecular weight excluding hydrogens is 339 g/mol. The maximum atomic E-state index is 13.1. The molecule has 0 aliphatic carbocycles. The molecule has 4 rings (SSSR count). The molecule has 0 bridgehead atoms. The van der Waals surface area contributed by atoms with Crippen LogP contribution in [0.1, 0.15) is 34.8 Å². The van der Waals surface area contributed by atoms with E-state index in [1.165, 1.54) is 53.4 Å². The van der Waals surface area contributed by atoms with Crippen LogP contribution in [0.5, 0.6) is 0 Å². The zero-order chi connectivity index (χ0) is 18.6. The van der Waals surface area contributed by atoms with Gasteiger partial charge in [0.05, 0.1) is 6.04 Å². The van der Waals surface area contributed by atoms with Crippen molar-refractivity contribution in [1.82, 2.24) is 10.2 Å². The predicted octanol–water partition coefficient (Wildman–Crippen LogP) is 4.55. The van der Waals surface area contributed by atoms with Crippen LogP contribution in [0.4, 0.5) is 4.39 Å². The summed E-state index contributed by atoms with van der Waals surface area (Å²) in [4.78, 5) is 15.0. The molecule has 1 N–H and O–H groups in total. The monoisotopic (exact) mass is 362 g/mol. The van der Waals surface area contributed by atoms with Crippen molar-refractivity contribution in [2.24, 2.45) is 0 Å². The van der Waals surface area contributed by atoms with E-state index in [1.54, 1.807) is 0 Å². The Bertz CT molecular complexity index is 927. The Balaban J connectivity index is 1.59. The maximum Gasteiger partial charge on any atom is 0.251 e. The van der Waals surface area contributed by atoms with Crippen molar-refractivity contribution in [2.45, 2.75) is 18.9 Å². The third-order valence-corrected chi connectivity index (χ3v) is 5.33. The molecule has 1 aliphatic heterocycles. The summed E-state index contributed by atoms with van der Waals surface area (Å²) < 4.78 is 13.1. The summed E-state index contributed by atoms with van der Waals surface area (Å²) in [7, 11) is 0. The summed E-state index contributed by atoms with van der Waals surface area (Å²) in [5.41, 5.74) is 1.73. The van der Waals surface area contributed by atoms with Gasteiger partial charge in [-0.1, -0.05) is 42.5 Å². The van der Waals surface area contributed by atoms with Crippen molar-refractivity contribution in [1.29, 1.82) is 0 Å². The average Bonchev–Trinajstić information content (AvgIpc) is 3.23. The van der Waals surface area contributed by atoms with Crippen molar-refractivity contribution in [3.8, 4) is 0 Å². The van der Waals surface area contributed by atoms with E-state index < -0.39 is 0 Å². The van der Waals surface area contributed by atoms with Gasteiger partial charge in [0.2, 0.25) is 0 Å². The second-order valence-corrected chi connectivity index (χ2v) is 7.04. The van der Waals surface area contributed by atoms with Crippen LogP contribution in [0.25, 0.3) is 10.8 Å². The first kappa shape index (κ1) is 17.7. The molecule has 4 heteroatoms. The zero-order valence-corrected chi connectivity index (χ0v) is 15.2. The number of amides is 1. The van der Waals surface area contributed by atoms with E-state index >= 15 is 0 Å². The molecule has 1 amide bonds. The fourth-order valence-electron chi connectivity index (χ4n) is 3.92. The number of carbonyl (C=O) groups excluding carboxylic acids is 1. The van der Waals surface area contributed by atoms with E-state index in [0.29, 0.717) is 12.1 Å². The Hall–Kier alpha value is -2.72. The first-order chi connectivity index (χ1) is 13.2. The topological polar surface area (TPSA) is 32.3 Å². The molecule has 0 saturated carbocycles. The average molecular weight is 362 g/mol. The first-order valence-electron chi connectivity index (χ1n) is 9.48. The van der Waals surface area contributed by atoms with Gasteiger partial charge in [-0.2, -0.15) is 0 Å². The number of carbonyl (C=O) groups is 1. The van der Waals surface area contributed by atoms with Gasteiger partial charge >= 0.3 is 0 Å². The van der Waals surface area contributed by atoms with Gasteiger partial charge in [-0.25, -0.2) is 4.39 Å². The first-order valence-corrected chi connectivity index (χ1v) is 9.48. The number of nitrogens with zero attached hydrogens (tertiary/aromatic N) is 1. The molecule has 3 aromatic carbocycles. The van der Waals surface area contributed by atoms with E-state index in [2.05, 4.69) is 46.6 Å². The van der Waals surface area contributed by atoms with Crippen molar-refractivity contribution in [3.63, 3.8) is 0 Å².